The highest BCUT2D eigenvalue weighted by atomic mass is 32.2. The molecule has 0 heterocycles. The molecule has 0 radical (unpaired) electrons. The number of carboxylic acids is 1. The summed E-state index contributed by atoms with van der Waals surface area (Å²) in [5.74, 6) is -3.37. The number of benzene rings is 2. The van der Waals surface area contributed by atoms with Gasteiger partial charge in [-0.05, 0) is 30.7 Å². The Morgan fingerprint density at radius 3 is 2.62 bits per heavy atom. The zero-order valence-electron chi connectivity index (χ0n) is 11.1. The van der Waals surface area contributed by atoms with E-state index in [9.17, 15) is 17.8 Å². The third-order valence-electron chi connectivity index (χ3n) is 3.02. The molecule has 0 fully saturated rings. The third-order valence-corrected chi connectivity index (χ3v) is 4.37. The summed E-state index contributed by atoms with van der Waals surface area (Å²) in [4.78, 5) is 11.3. The quantitative estimate of drug-likeness (QED) is 0.943. The first kappa shape index (κ1) is 15.3. The predicted molar refractivity (Wildman–Crippen MR) is 74.6 cm³/mol. The average molecular weight is 310 g/mol. The van der Waals surface area contributed by atoms with Crippen molar-refractivity contribution in [1.82, 2.24) is 0 Å². The molecule has 1 unspecified atom stereocenters. The van der Waals surface area contributed by atoms with Crippen molar-refractivity contribution in [3.05, 3.63) is 64.7 Å². The van der Waals surface area contributed by atoms with Gasteiger partial charge in [-0.15, -0.1) is 0 Å². The molecule has 0 amide bonds. The number of halogens is 2. The lowest BCUT2D eigenvalue weighted by Crippen LogP contribution is -2.04. The molecule has 0 bridgehead atoms. The maximum Gasteiger partial charge on any atom is 0.335 e. The number of carboxylic acid groups (broad SMARTS) is 1. The Morgan fingerprint density at radius 1 is 1.24 bits per heavy atom. The fourth-order valence-electron chi connectivity index (χ4n) is 1.86. The molecule has 0 aliphatic heterocycles. The standard InChI is InChI=1S/C15H12F2O3S/c1-9-5-6-11(7-12(9)15(18)19)21(20)8-10-3-2-4-13(16)14(10)17/h2-7H,8H2,1H3,(H,18,19). The van der Waals surface area contributed by atoms with Crippen molar-refractivity contribution >= 4 is 16.8 Å². The molecule has 3 nitrogen and oxygen atoms in total. The molecule has 1 atom stereocenters. The minimum absolute atomic E-state index is 0.00853. The summed E-state index contributed by atoms with van der Waals surface area (Å²) < 4.78 is 38.8. The average Bonchev–Trinajstić information content (AvgIpc) is 2.44. The van der Waals surface area contributed by atoms with Gasteiger partial charge in [0.15, 0.2) is 11.6 Å². The second kappa shape index (κ2) is 6.13. The summed E-state index contributed by atoms with van der Waals surface area (Å²) in [7, 11) is -1.66. The molecule has 2 rings (SSSR count). The molecule has 0 aliphatic carbocycles. The topological polar surface area (TPSA) is 54.4 Å². The second-order valence-electron chi connectivity index (χ2n) is 4.48. The van der Waals surface area contributed by atoms with Gasteiger partial charge < -0.3 is 5.11 Å². The highest BCUT2D eigenvalue weighted by Gasteiger charge is 2.15. The van der Waals surface area contributed by atoms with Crippen molar-refractivity contribution in [2.24, 2.45) is 0 Å². The normalized spacial score (nSPS) is 12.1. The lowest BCUT2D eigenvalue weighted by atomic mass is 10.1. The first-order valence-electron chi connectivity index (χ1n) is 6.05. The van der Waals surface area contributed by atoms with Gasteiger partial charge in [0.2, 0.25) is 0 Å². The molecule has 6 heteroatoms. The predicted octanol–water partition coefficient (Wildman–Crippen LogP) is 3.28. The van der Waals surface area contributed by atoms with Crippen molar-refractivity contribution in [2.45, 2.75) is 17.6 Å². The van der Waals surface area contributed by atoms with Crippen LogP contribution in [0.1, 0.15) is 21.5 Å². The molecule has 0 saturated heterocycles. The van der Waals surface area contributed by atoms with Gasteiger partial charge in [-0.1, -0.05) is 18.2 Å². The van der Waals surface area contributed by atoms with Crippen molar-refractivity contribution in [2.75, 3.05) is 0 Å². The minimum atomic E-state index is -1.66. The summed E-state index contributed by atoms with van der Waals surface area (Å²) in [6.07, 6.45) is 0. The highest BCUT2D eigenvalue weighted by molar-refractivity contribution is 7.84. The summed E-state index contributed by atoms with van der Waals surface area (Å²) in [5, 5.41) is 9.03. The zero-order chi connectivity index (χ0) is 15.6. The van der Waals surface area contributed by atoms with Gasteiger partial charge in [0.05, 0.1) is 22.1 Å². The molecule has 21 heavy (non-hydrogen) atoms. The van der Waals surface area contributed by atoms with Crippen molar-refractivity contribution < 1.29 is 22.9 Å². The number of hydrogen-bond acceptors (Lipinski definition) is 2. The van der Waals surface area contributed by atoms with Crippen LogP contribution in [-0.2, 0) is 16.6 Å². The molecule has 0 spiro atoms. The van der Waals surface area contributed by atoms with Crippen LogP contribution in [0.4, 0.5) is 8.78 Å². The molecule has 2 aromatic carbocycles. The van der Waals surface area contributed by atoms with Crippen LogP contribution in [0.25, 0.3) is 0 Å². The van der Waals surface area contributed by atoms with Gasteiger partial charge >= 0.3 is 5.97 Å². The molecular formula is C15H12F2O3S. The largest absolute Gasteiger partial charge is 0.478 e. The highest BCUT2D eigenvalue weighted by Crippen LogP contribution is 2.19. The van der Waals surface area contributed by atoms with Crippen LogP contribution >= 0.6 is 0 Å². The van der Waals surface area contributed by atoms with Crippen LogP contribution in [0.15, 0.2) is 41.3 Å². The summed E-state index contributed by atoms with van der Waals surface area (Å²) in [6, 6.07) is 8.03. The Morgan fingerprint density at radius 2 is 1.95 bits per heavy atom. The Bertz CT molecular complexity index is 729. The third kappa shape index (κ3) is 3.33. The summed E-state index contributed by atoms with van der Waals surface area (Å²) in [6.45, 7) is 1.63. The Labute approximate surface area is 122 Å². The van der Waals surface area contributed by atoms with E-state index in [0.29, 0.717) is 5.56 Å². The number of aromatic carboxylic acids is 1. The zero-order valence-corrected chi connectivity index (χ0v) is 11.9. The molecule has 0 saturated carbocycles. The van der Waals surface area contributed by atoms with E-state index in [1.165, 1.54) is 24.3 Å². The van der Waals surface area contributed by atoms with Gasteiger partial charge in [-0.25, -0.2) is 13.6 Å². The van der Waals surface area contributed by atoms with Crippen LogP contribution in [0.5, 0.6) is 0 Å². The van der Waals surface area contributed by atoms with E-state index >= 15 is 0 Å². The fraction of sp³-hybridized carbons (Fsp3) is 0.133. The van der Waals surface area contributed by atoms with E-state index in [1.807, 2.05) is 0 Å². The van der Waals surface area contributed by atoms with Crippen LogP contribution in [0.3, 0.4) is 0 Å². The van der Waals surface area contributed by atoms with Crippen LogP contribution in [0.2, 0.25) is 0 Å². The van der Waals surface area contributed by atoms with Crippen molar-refractivity contribution in [3.63, 3.8) is 0 Å². The van der Waals surface area contributed by atoms with E-state index < -0.39 is 28.4 Å². The smallest absolute Gasteiger partial charge is 0.335 e. The first-order chi connectivity index (χ1) is 9.90. The van der Waals surface area contributed by atoms with Crippen LogP contribution in [-0.4, -0.2) is 15.3 Å². The summed E-state index contributed by atoms with van der Waals surface area (Å²) >= 11 is 0. The minimum Gasteiger partial charge on any atom is -0.478 e. The van der Waals surface area contributed by atoms with Crippen LogP contribution < -0.4 is 0 Å². The van der Waals surface area contributed by atoms with Gasteiger partial charge in [0.25, 0.3) is 0 Å². The van der Waals surface area contributed by atoms with Crippen molar-refractivity contribution in [1.29, 1.82) is 0 Å². The SMILES string of the molecule is Cc1ccc(S(=O)Cc2cccc(F)c2F)cc1C(=O)O. The van der Waals surface area contributed by atoms with E-state index in [1.54, 1.807) is 13.0 Å². The van der Waals surface area contributed by atoms with Crippen molar-refractivity contribution in [3.8, 4) is 0 Å². The van der Waals surface area contributed by atoms with Crippen LogP contribution in [0, 0.1) is 18.6 Å². The molecule has 2 aromatic rings. The number of hydrogen-bond donors (Lipinski definition) is 1. The summed E-state index contributed by atoms with van der Waals surface area (Å²) in [5.41, 5.74) is 0.575. The molecule has 0 aromatic heterocycles. The molecule has 1 N–H and O–H groups in total. The Kier molecular flexibility index (Phi) is 4.47. The van der Waals surface area contributed by atoms with Gasteiger partial charge in [-0.2, -0.15) is 0 Å². The lowest BCUT2D eigenvalue weighted by Gasteiger charge is -2.07. The monoisotopic (exact) mass is 310 g/mol. The maximum absolute atomic E-state index is 13.5. The Hall–Kier alpha value is -2.08. The number of rotatable bonds is 4. The van der Waals surface area contributed by atoms with E-state index in [0.717, 1.165) is 6.07 Å². The lowest BCUT2D eigenvalue weighted by molar-refractivity contribution is 0.0696. The van der Waals surface area contributed by atoms with Gasteiger partial charge in [0, 0.05) is 10.5 Å². The fourth-order valence-corrected chi connectivity index (χ4v) is 3.00. The molecule has 0 aliphatic rings. The first-order valence-corrected chi connectivity index (χ1v) is 7.37. The Balaban J connectivity index is 2.31. The number of aryl methyl sites for hydroxylation is 1. The van der Waals surface area contributed by atoms with Gasteiger partial charge in [0.1, 0.15) is 0 Å². The molecule has 110 valence electrons. The maximum atomic E-state index is 13.5. The second-order valence-corrected chi connectivity index (χ2v) is 5.94. The van der Waals surface area contributed by atoms with Gasteiger partial charge in [-0.3, -0.25) is 4.21 Å². The number of carbonyl (C=O) groups is 1. The van der Waals surface area contributed by atoms with E-state index in [2.05, 4.69) is 0 Å². The molecular weight excluding hydrogens is 298 g/mol. The van der Waals surface area contributed by atoms with E-state index in [-0.39, 0.29) is 21.8 Å². The van der Waals surface area contributed by atoms with E-state index in [4.69, 9.17) is 5.11 Å².